The molecule has 1 unspecified atom stereocenters. The highest BCUT2D eigenvalue weighted by Gasteiger charge is 2.30. The molecule has 0 spiro atoms. The van der Waals surface area contributed by atoms with E-state index in [1.807, 2.05) is 0 Å². The lowest BCUT2D eigenvalue weighted by Gasteiger charge is -2.16. The van der Waals surface area contributed by atoms with Crippen molar-refractivity contribution in [3.63, 3.8) is 0 Å². The van der Waals surface area contributed by atoms with Gasteiger partial charge in [-0.2, -0.15) is 0 Å². The summed E-state index contributed by atoms with van der Waals surface area (Å²) in [5.74, 6) is -1.04. The van der Waals surface area contributed by atoms with Crippen LogP contribution in [-0.4, -0.2) is 16.1 Å². The maximum atomic E-state index is 10.6. The van der Waals surface area contributed by atoms with E-state index in [0.717, 1.165) is 0 Å². The number of hydrogen-bond acceptors (Lipinski definition) is 2. The van der Waals surface area contributed by atoms with Crippen LogP contribution in [-0.2, 0) is 10.3 Å². The minimum atomic E-state index is -1.32. The SMILES string of the molecule is CC(N)(C(=O)O)c1ccc[nH]1. The number of carbonyl (C=O) groups is 1. The highest BCUT2D eigenvalue weighted by molar-refractivity contribution is 5.79. The second kappa shape index (κ2) is 2.39. The molecule has 1 heterocycles. The Labute approximate surface area is 64.0 Å². The largest absolute Gasteiger partial charge is 0.480 e. The van der Waals surface area contributed by atoms with Gasteiger partial charge in [0, 0.05) is 11.9 Å². The van der Waals surface area contributed by atoms with Gasteiger partial charge in [-0.1, -0.05) is 0 Å². The molecule has 1 aromatic heterocycles. The van der Waals surface area contributed by atoms with Crippen molar-refractivity contribution in [1.29, 1.82) is 0 Å². The van der Waals surface area contributed by atoms with Gasteiger partial charge in [-0.25, -0.2) is 4.79 Å². The number of rotatable bonds is 2. The predicted molar refractivity (Wildman–Crippen MR) is 40.0 cm³/mol. The molecule has 0 aromatic carbocycles. The lowest BCUT2D eigenvalue weighted by molar-refractivity contribution is -0.143. The summed E-state index contributed by atoms with van der Waals surface area (Å²) < 4.78 is 0. The molecule has 0 aliphatic heterocycles. The summed E-state index contributed by atoms with van der Waals surface area (Å²) in [5, 5.41) is 8.67. The molecule has 0 aliphatic carbocycles. The molecule has 11 heavy (non-hydrogen) atoms. The normalized spacial score (nSPS) is 15.8. The van der Waals surface area contributed by atoms with E-state index in [2.05, 4.69) is 4.98 Å². The molecule has 0 bridgehead atoms. The standard InChI is InChI=1S/C7H10N2O2/c1-7(8,6(10)11)5-3-2-4-9-5/h2-4,9H,8H2,1H3,(H,10,11). The van der Waals surface area contributed by atoms with Crippen LogP contribution in [0.5, 0.6) is 0 Å². The van der Waals surface area contributed by atoms with Crippen LogP contribution < -0.4 is 5.73 Å². The van der Waals surface area contributed by atoms with Crippen molar-refractivity contribution in [2.75, 3.05) is 0 Å². The van der Waals surface area contributed by atoms with Crippen molar-refractivity contribution in [2.45, 2.75) is 12.5 Å². The maximum Gasteiger partial charge on any atom is 0.329 e. The smallest absolute Gasteiger partial charge is 0.329 e. The highest BCUT2D eigenvalue weighted by Crippen LogP contribution is 2.14. The van der Waals surface area contributed by atoms with Crippen LogP contribution in [0.1, 0.15) is 12.6 Å². The number of H-pyrrole nitrogens is 1. The van der Waals surface area contributed by atoms with Gasteiger partial charge < -0.3 is 15.8 Å². The van der Waals surface area contributed by atoms with Gasteiger partial charge in [0.1, 0.15) is 0 Å². The molecule has 0 radical (unpaired) electrons. The average molecular weight is 154 g/mol. The Morgan fingerprint density at radius 3 is 2.82 bits per heavy atom. The first-order chi connectivity index (χ1) is 5.05. The summed E-state index contributed by atoms with van der Waals surface area (Å²) in [6, 6.07) is 3.36. The van der Waals surface area contributed by atoms with Crippen molar-refractivity contribution in [3.05, 3.63) is 24.0 Å². The topological polar surface area (TPSA) is 79.1 Å². The summed E-state index contributed by atoms with van der Waals surface area (Å²) >= 11 is 0. The Kier molecular flexibility index (Phi) is 1.70. The molecule has 1 rings (SSSR count). The fourth-order valence-corrected chi connectivity index (χ4v) is 0.769. The molecular formula is C7H10N2O2. The Bertz CT molecular complexity index is 251. The summed E-state index contributed by atoms with van der Waals surface area (Å²) in [5.41, 5.74) is 4.68. The molecule has 0 amide bonds. The molecule has 60 valence electrons. The molecule has 4 N–H and O–H groups in total. The zero-order valence-electron chi connectivity index (χ0n) is 6.16. The molecule has 1 atom stereocenters. The zero-order valence-corrected chi connectivity index (χ0v) is 6.16. The number of aromatic amines is 1. The van der Waals surface area contributed by atoms with Gasteiger partial charge in [-0.05, 0) is 19.1 Å². The quantitative estimate of drug-likeness (QED) is 0.572. The molecule has 4 heteroatoms. The summed E-state index contributed by atoms with van der Waals surface area (Å²) in [4.78, 5) is 13.3. The van der Waals surface area contributed by atoms with Crippen LogP contribution in [0, 0.1) is 0 Å². The van der Waals surface area contributed by atoms with Gasteiger partial charge in [-0.15, -0.1) is 0 Å². The van der Waals surface area contributed by atoms with Crippen LogP contribution in [0.3, 0.4) is 0 Å². The monoisotopic (exact) mass is 154 g/mol. The van der Waals surface area contributed by atoms with E-state index < -0.39 is 11.5 Å². The average Bonchev–Trinajstić information content (AvgIpc) is 2.37. The number of carboxylic acid groups (broad SMARTS) is 1. The number of aromatic nitrogens is 1. The zero-order chi connectivity index (χ0) is 8.48. The minimum absolute atomic E-state index is 0.505. The van der Waals surface area contributed by atoms with E-state index in [1.165, 1.54) is 6.92 Å². The molecule has 0 saturated heterocycles. The lowest BCUT2D eigenvalue weighted by Crippen LogP contribution is -2.41. The van der Waals surface area contributed by atoms with Gasteiger partial charge >= 0.3 is 5.97 Å². The summed E-state index contributed by atoms with van der Waals surface area (Å²) in [6.45, 7) is 1.45. The first kappa shape index (κ1) is 7.81. The number of hydrogen-bond donors (Lipinski definition) is 3. The summed E-state index contributed by atoms with van der Waals surface area (Å²) in [6.07, 6.45) is 1.64. The van der Waals surface area contributed by atoms with Gasteiger partial charge in [0.25, 0.3) is 0 Å². The van der Waals surface area contributed by atoms with Gasteiger partial charge in [0.2, 0.25) is 0 Å². The fraction of sp³-hybridized carbons (Fsp3) is 0.286. The second-order valence-corrected chi connectivity index (χ2v) is 2.59. The fourth-order valence-electron chi connectivity index (χ4n) is 0.769. The third-order valence-corrected chi connectivity index (χ3v) is 1.60. The van der Waals surface area contributed by atoms with Crippen LogP contribution in [0.2, 0.25) is 0 Å². The van der Waals surface area contributed by atoms with Crippen molar-refractivity contribution >= 4 is 5.97 Å². The molecule has 0 aliphatic rings. The highest BCUT2D eigenvalue weighted by atomic mass is 16.4. The third kappa shape index (κ3) is 1.25. The second-order valence-electron chi connectivity index (χ2n) is 2.59. The van der Waals surface area contributed by atoms with E-state index >= 15 is 0 Å². The van der Waals surface area contributed by atoms with Crippen LogP contribution in [0.4, 0.5) is 0 Å². The Balaban J connectivity index is 3.00. The first-order valence-electron chi connectivity index (χ1n) is 3.21. The Hall–Kier alpha value is -1.29. The molecule has 1 aromatic rings. The molecule has 0 saturated carbocycles. The maximum absolute atomic E-state index is 10.6. The van der Waals surface area contributed by atoms with Crippen molar-refractivity contribution < 1.29 is 9.90 Å². The summed E-state index contributed by atoms with van der Waals surface area (Å²) in [7, 11) is 0. The molecule has 4 nitrogen and oxygen atoms in total. The van der Waals surface area contributed by atoms with Crippen molar-refractivity contribution in [2.24, 2.45) is 5.73 Å². The van der Waals surface area contributed by atoms with Crippen molar-refractivity contribution in [3.8, 4) is 0 Å². The number of carboxylic acids is 1. The first-order valence-corrected chi connectivity index (χ1v) is 3.21. The van der Waals surface area contributed by atoms with Crippen LogP contribution >= 0.6 is 0 Å². The van der Waals surface area contributed by atoms with Gasteiger partial charge in [0.15, 0.2) is 5.54 Å². The van der Waals surface area contributed by atoms with E-state index in [-0.39, 0.29) is 0 Å². The molecular weight excluding hydrogens is 144 g/mol. The Morgan fingerprint density at radius 1 is 1.82 bits per heavy atom. The van der Waals surface area contributed by atoms with Crippen LogP contribution in [0.25, 0.3) is 0 Å². The number of nitrogens with one attached hydrogen (secondary N) is 1. The van der Waals surface area contributed by atoms with E-state index in [9.17, 15) is 4.79 Å². The minimum Gasteiger partial charge on any atom is -0.480 e. The van der Waals surface area contributed by atoms with E-state index in [1.54, 1.807) is 18.3 Å². The van der Waals surface area contributed by atoms with Gasteiger partial charge in [-0.3, -0.25) is 0 Å². The number of nitrogens with two attached hydrogens (primary N) is 1. The third-order valence-electron chi connectivity index (χ3n) is 1.60. The predicted octanol–water partition coefficient (Wildman–Crippen LogP) is 0.273. The van der Waals surface area contributed by atoms with E-state index in [0.29, 0.717) is 5.69 Å². The van der Waals surface area contributed by atoms with Crippen LogP contribution in [0.15, 0.2) is 18.3 Å². The molecule has 0 fully saturated rings. The lowest BCUT2D eigenvalue weighted by atomic mass is 10.0. The number of aliphatic carboxylic acids is 1. The van der Waals surface area contributed by atoms with Gasteiger partial charge in [0.05, 0.1) is 0 Å². The van der Waals surface area contributed by atoms with E-state index in [4.69, 9.17) is 10.8 Å². The van der Waals surface area contributed by atoms with Crippen molar-refractivity contribution in [1.82, 2.24) is 4.98 Å². The Morgan fingerprint density at radius 2 is 2.45 bits per heavy atom.